The molecule has 0 saturated carbocycles. The van der Waals surface area contributed by atoms with Gasteiger partial charge < -0.3 is 10.7 Å². The topological polar surface area (TPSA) is 67.6 Å². The average Bonchev–Trinajstić information content (AvgIpc) is 2.94. The van der Waals surface area contributed by atoms with Crippen LogP contribution < -0.4 is 5.73 Å². The number of nitrogens with one attached hydrogen (secondary N) is 1. The number of benzene rings is 1. The third-order valence-corrected chi connectivity index (χ3v) is 3.45. The maximum absolute atomic E-state index is 5.51. The first kappa shape index (κ1) is 10.4. The Labute approximate surface area is 103 Å². The molecule has 0 radical (unpaired) electrons. The molecule has 86 valence electrons. The zero-order valence-electron chi connectivity index (χ0n) is 9.18. The van der Waals surface area contributed by atoms with E-state index < -0.39 is 0 Å². The van der Waals surface area contributed by atoms with Gasteiger partial charge in [0.25, 0.3) is 0 Å². The molecule has 17 heavy (non-hydrogen) atoms. The summed E-state index contributed by atoms with van der Waals surface area (Å²) in [4.78, 5) is 12.3. The van der Waals surface area contributed by atoms with Gasteiger partial charge in [-0.2, -0.15) is 0 Å². The number of thiazole rings is 1. The maximum atomic E-state index is 5.51. The highest BCUT2D eigenvalue weighted by atomic mass is 32.1. The van der Waals surface area contributed by atoms with Crippen LogP contribution in [0, 0.1) is 0 Å². The number of rotatable bonds is 3. The molecule has 0 bridgehead atoms. The largest absolute Gasteiger partial charge is 0.337 e. The Morgan fingerprint density at radius 2 is 2.12 bits per heavy atom. The molecule has 0 aliphatic rings. The molecule has 0 aliphatic carbocycles. The van der Waals surface area contributed by atoms with E-state index in [2.05, 4.69) is 15.0 Å². The van der Waals surface area contributed by atoms with Gasteiger partial charge in [-0.25, -0.2) is 9.97 Å². The third-order valence-electron chi connectivity index (χ3n) is 2.54. The molecule has 0 unspecified atom stereocenters. The third kappa shape index (κ3) is 1.94. The smallest absolute Gasteiger partial charge is 0.158 e. The van der Waals surface area contributed by atoms with E-state index in [0.29, 0.717) is 6.54 Å². The summed E-state index contributed by atoms with van der Waals surface area (Å²) in [5.41, 5.74) is 8.42. The molecule has 3 rings (SSSR count). The molecular weight excluding hydrogens is 232 g/mol. The molecule has 0 fully saturated rings. The molecule has 0 amide bonds. The fourth-order valence-corrected chi connectivity index (χ4v) is 2.53. The van der Waals surface area contributed by atoms with Crippen molar-refractivity contribution in [3.8, 4) is 11.5 Å². The molecule has 2 aromatic heterocycles. The minimum Gasteiger partial charge on any atom is -0.337 e. The number of aromatic nitrogens is 3. The number of para-hydroxylation sites is 2. The first-order chi connectivity index (χ1) is 8.36. The summed E-state index contributed by atoms with van der Waals surface area (Å²) in [5, 5.41) is 3.07. The van der Waals surface area contributed by atoms with Crippen molar-refractivity contribution >= 4 is 22.4 Å². The van der Waals surface area contributed by atoms with Crippen molar-refractivity contribution in [2.24, 2.45) is 5.73 Å². The fourth-order valence-electron chi connectivity index (χ4n) is 1.73. The van der Waals surface area contributed by atoms with Crippen LogP contribution in [0.25, 0.3) is 22.6 Å². The zero-order valence-corrected chi connectivity index (χ0v) is 10.00. The van der Waals surface area contributed by atoms with Gasteiger partial charge in [-0.05, 0) is 18.7 Å². The Morgan fingerprint density at radius 3 is 2.94 bits per heavy atom. The summed E-state index contributed by atoms with van der Waals surface area (Å²) in [6.07, 6.45) is 0.824. The Hall–Kier alpha value is -1.72. The summed E-state index contributed by atoms with van der Waals surface area (Å²) in [6, 6.07) is 7.97. The number of hydrogen-bond acceptors (Lipinski definition) is 4. The molecule has 3 N–H and O–H groups in total. The Kier molecular flexibility index (Phi) is 2.62. The van der Waals surface area contributed by atoms with Gasteiger partial charge in [0.1, 0.15) is 5.69 Å². The van der Waals surface area contributed by atoms with Gasteiger partial charge in [0.2, 0.25) is 0 Å². The van der Waals surface area contributed by atoms with Gasteiger partial charge >= 0.3 is 0 Å². The summed E-state index contributed by atoms with van der Waals surface area (Å²) < 4.78 is 0. The summed E-state index contributed by atoms with van der Waals surface area (Å²) >= 11 is 1.63. The molecule has 2 heterocycles. The van der Waals surface area contributed by atoms with Crippen molar-refractivity contribution in [1.29, 1.82) is 0 Å². The lowest BCUT2D eigenvalue weighted by Gasteiger charge is -1.89. The van der Waals surface area contributed by atoms with Gasteiger partial charge in [-0.3, -0.25) is 0 Å². The van der Waals surface area contributed by atoms with Crippen molar-refractivity contribution in [2.45, 2.75) is 6.42 Å². The van der Waals surface area contributed by atoms with Crippen LogP contribution in [-0.4, -0.2) is 21.5 Å². The van der Waals surface area contributed by atoms with E-state index in [1.54, 1.807) is 11.3 Å². The van der Waals surface area contributed by atoms with E-state index in [0.717, 1.165) is 34.0 Å². The van der Waals surface area contributed by atoms with Crippen molar-refractivity contribution in [3.05, 3.63) is 34.7 Å². The van der Waals surface area contributed by atoms with Crippen molar-refractivity contribution in [1.82, 2.24) is 15.0 Å². The molecule has 0 saturated heterocycles. The highest BCUT2D eigenvalue weighted by molar-refractivity contribution is 7.09. The lowest BCUT2D eigenvalue weighted by molar-refractivity contribution is 0.953. The van der Waals surface area contributed by atoms with Crippen LogP contribution in [0.15, 0.2) is 29.6 Å². The van der Waals surface area contributed by atoms with E-state index in [4.69, 9.17) is 5.73 Å². The summed E-state index contributed by atoms with van der Waals surface area (Å²) in [5.74, 6) is 0.825. The van der Waals surface area contributed by atoms with Crippen LogP contribution in [0.5, 0.6) is 0 Å². The van der Waals surface area contributed by atoms with Gasteiger partial charge in [0.05, 0.1) is 16.0 Å². The van der Waals surface area contributed by atoms with Gasteiger partial charge in [0.15, 0.2) is 5.82 Å². The van der Waals surface area contributed by atoms with E-state index in [1.165, 1.54) is 0 Å². The highest BCUT2D eigenvalue weighted by Gasteiger charge is 2.08. The molecule has 5 heteroatoms. The van der Waals surface area contributed by atoms with E-state index in [9.17, 15) is 0 Å². The molecular formula is C12H12N4S. The number of H-pyrrole nitrogens is 1. The number of nitrogens with zero attached hydrogens (tertiary/aromatic N) is 2. The number of nitrogens with two attached hydrogens (primary N) is 1. The quantitative estimate of drug-likeness (QED) is 0.742. The average molecular weight is 244 g/mol. The minimum absolute atomic E-state index is 0.632. The number of aromatic amines is 1. The minimum atomic E-state index is 0.632. The fraction of sp³-hybridized carbons (Fsp3) is 0.167. The SMILES string of the molecule is NCCc1nc(-c2nc3ccccc3[nH]2)cs1. The second-order valence-corrected chi connectivity index (χ2v) is 4.71. The standard InChI is InChI=1S/C12H12N4S/c13-6-5-11-14-10(7-17-11)12-15-8-3-1-2-4-9(8)16-12/h1-4,7H,5-6,13H2,(H,15,16). The molecule has 0 aliphatic heterocycles. The first-order valence-electron chi connectivity index (χ1n) is 5.46. The van der Waals surface area contributed by atoms with Gasteiger partial charge in [0, 0.05) is 11.8 Å². The first-order valence-corrected chi connectivity index (χ1v) is 6.34. The molecule has 1 aromatic carbocycles. The maximum Gasteiger partial charge on any atom is 0.158 e. The van der Waals surface area contributed by atoms with Gasteiger partial charge in [-0.15, -0.1) is 11.3 Å². The van der Waals surface area contributed by atoms with Crippen molar-refractivity contribution in [3.63, 3.8) is 0 Å². The second kappa shape index (κ2) is 4.27. The van der Waals surface area contributed by atoms with Gasteiger partial charge in [-0.1, -0.05) is 12.1 Å². The van der Waals surface area contributed by atoms with E-state index in [-0.39, 0.29) is 0 Å². The molecule has 0 atom stereocenters. The summed E-state index contributed by atoms with van der Waals surface area (Å²) in [6.45, 7) is 0.632. The highest BCUT2D eigenvalue weighted by Crippen LogP contribution is 2.22. The van der Waals surface area contributed by atoms with Crippen LogP contribution in [0.3, 0.4) is 0 Å². The Bertz CT molecular complexity index is 608. The lowest BCUT2D eigenvalue weighted by atomic mass is 10.3. The van der Waals surface area contributed by atoms with Crippen LogP contribution >= 0.6 is 11.3 Å². The van der Waals surface area contributed by atoms with Crippen LogP contribution in [0.1, 0.15) is 5.01 Å². The lowest BCUT2D eigenvalue weighted by Crippen LogP contribution is -2.02. The number of imidazole rings is 1. The Balaban J connectivity index is 2.01. The number of hydrogen-bond donors (Lipinski definition) is 2. The predicted octanol–water partition coefficient (Wildman–Crippen LogP) is 2.19. The van der Waals surface area contributed by atoms with Crippen molar-refractivity contribution < 1.29 is 0 Å². The summed E-state index contributed by atoms with van der Waals surface area (Å²) in [7, 11) is 0. The van der Waals surface area contributed by atoms with E-state index >= 15 is 0 Å². The second-order valence-electron chi connectivity index (χ2n) is 3.77. The van der Waals surface area contributed by atoms with Crippen molar-refractivity contribution in [2.75, 3.05) is 6.54 Å². The monoisotopic (exact) mass is 244 g/mol. The zero-order chi connectivity index (χ0) is 11.7. The van der Waals surface area contributed by atoms with Crippen LogP contribution in [0.2, 0.25) is 0 Å². The number of fused-ring (bicyclic) bond motifs is 1. The molecule has 4 nitrogen and oxygen atoms in total. The Morgan fingerprint density at radius 1 is 1.24 bits per heavy atom. The predicted molar refractivity (Wildman–Crippen MR) is 70.0 cm³/mol. The van der Waals surface area contributed by atoms with Crippen LogP contribution in [0.4, 0.5) is 0 Å². The van der Waals surface area contributed by atoms with Crippen LogP contribution in [-0.2, 0) is 6.42 Å². The normalized spacial score (nSPS) is 11.1. The van der Waals surface area contributed by atoms with E-state index in [1.807, 2.05) is 29.6 Å². The molecule has 0 spiro atoms. The molecule has 3 aromatic rings.